The van der Waals surface area contributed by atoms with Crippen molar-refractivity contribution >= 4 is 37.5 Å². The van der Waals surface area contributed by atoms with Gasteiger partial charge in [-0.05, 0) is 38.1 Å². The predicted octanol–water partition coefficient (Wildman–Crippen LogP) is 2.91. The van der Waals surface area contributed by atoms with Gasteiger partial charge in [-0.1, -0.05) is 11.3 Å². The number of benzene rings is 2. The Kier molecular flexibility index (Phi) is 8.34. The summed E-state index contributed by atoms with van der Waals surface area (Å²) in [6.45, 7) is 5.16. The van der Waals surface area contributed by atoms with Crippen LogP contribution in [0, 0.1) is 0 Å². The highest BCUT2D eigenvalue weighted by Crippen LogP contribution is 2.33. The van der Waals surface area contributed by atoms with Crippen LogP contribution in [-0.2, 0) is 26.0 Å². The number of fused-ring (bicyclic) bond motifs is 1. The van der Waals surface area contributed by atoms with Crippen LogP contribution in [0.1, 0.15) is 24.2 Å². The molecule has 0 bridgehead atoms. The van der Waals surface area contributed by atoms with E-state index in [0.29, 0.717) is 29.5 Å². The first kappa shape index (κ1) is 27.3. The number of thiazole rings is 1. The Morgan fingerprint density at radius 3 is 2.27 bits per heavy atom. The lowest BCUT2D eigenvalue weighted by molar-refractivity contribution is -0.0440. The van der Waals surface area contributed by atoms with Crippen molar-refractivity contribution in [3.05, 3.63) is 46.8 Å². The number of amides is 1. The van der Waals surface area contributed by atoms with Crippen LogP contribution in [-0.4, -0.2) is 76.4 Å². The smallest absolute Gasteiger partial charge is 0.279 e. The Labute approximate surface area is 220 Å². The number of sulfonamides is 1. The van der Waals surface area contributed by atoms with Gasteiger partial charge in [0.25, 0.3) is 5.91 Å². The predicted molar refractivity (Wildman–Crippen MR) is 140 cm³/mol. The second-order valence-electron chi connectivity index (χ2n) is 8.72. The molecule has 2 heterocycles. The van der Waals surface area contributed by atoms with E-state index in [-0.39, 0.29) is 35.8 Å². The minimum atomic E-state index is -3.71. The van der Waals surface area contributed by atoms with Crippen LogP contribution in [0.3, 0.4) is 0 Å². The number of carbonyl (C=O) groups excluding carboxylic acids is 1. The fourth-order valence-corrected chi connectivity index (χ4v) is 6.93. The van der Waals surface area contributed by atoms with E-state index in [1.807, 2.05) is 30.5 Å². The molecule has 4 rings (SSSR count). The standard InChI is InChI=1S/C25H31N3O7S2/c1-16-14-27(15-17(2)35-16)37(30,31)19-8-6-18(7-9-19)24(29)26-25-28(10-11-32-3)20-12-21(33-4)22(34-5)13-23(20)36-25/h6-9,12-13,16-17H,10-11,14-15H2,1-5H3. The molecule has 1 fully saturated rings. The van der Waals surface area contributed by atoms with Gasteiger partial charge in [-0.15, -0.1) is 0 Å². The molecule has 12 heteroatoms. The maximum atomic E-state index is 13.1. The number of rotatable bonds is 8. The number of morpholine rings is 1. The second kappa shape index (κ2) is 11.3. The molecule has 0 spiro atoms. The van der Waals surface area contributed by atoms with E-state index in [4.69, 9.17) is 18.9 Å². The highest BCUT2D eigenvalue weighted by Gasteiger charge is 2.32. The lowest BCUT2D eigenvalue weighted by atomic mass is 10.2. The van der Waals surface area contributed by atoms with Crippen molar-refractivity contribution in [2.24, 2.45) is 4.99 Å². The van der Waals surface area contributed by atoms with Crippen LogP contribution in [0.4, 0.5) is 0 Å². The first-order valence-corrected chi connectivity index (χ1v) is 14.0. The van der Waals surface area contributed by atoms with Gasteiger partial charge in [-0.2, -0.15) is 9.30 Å². The third-order valence-corrected chi connectivity index (χ3v) is 8.92. The SMILES string of the molecule is COCCn1c(=NC(=O)c2ccc(S(=O)(=O)N3CC(C)OC(C)C3)cc2)sc2cc(OC)c(OC)cc21. The van der Waals surface area contributed by atoms with E-state index in [1.165, 1.54) is 39.9 Å². The van der Waals surface area contributed by atoms with E-state index in [9.17, 15) is 13.2 Å². The second-order valence-corrected chi connectivity index (χ2v) is 11.7. The average molecular weight is 550 g/mol. The van der Waals surface area contributed by atoms with Gasteiger partial charge in [-0.3, -0.25) is 4.79 Å². The summed E-state index contributed by atoms with van der Waals surface area (Å²) < 4.78 is 52.2. The minimum absolute atomic E-state index is 0.126. The molecule has 1 amide bonds. The molecular formula is C25H31N3O7S2. The third-order valence-electron chi connectivity index (χ3n) is 6.03. The van der Waals surface area contributed by atoms with Gasteiger partial charge in [0.1, 0.15) is 0 Å². The van der Waals surface area contributed by atoms with Crippen molar-refractivity contribution in [1.29, 1.82) is 0 Å². The summed E-state index contributed by atoms with van der Waals surface area (Å²) >= 11 is 1.34. The van der Waals surface area contributed by atoms with Gasteiger partial charge in [0.05, 0.1) is 48.1 Å². The summed E-state index contributed by atoms with van der Waals surface area (Å²) in [4.78, 5) is 18.1. The van der Waals surface area contributed by atoms with Gasteiger partial charge < -0.3 is 23.5 Å². The summed E-state index contributed by atoms with van der Waals surface area (Å²) in [6.07, 6.45) is -0.381. The molecule has 1 saturated heterocycles. The normalized spacial score (nSPS) is 19.3. The van der Waals surface area contributed by atoms with Crippen LogP contribution in [0.5, 0.6) is 11.5 Å². The Morgan fingerprint density at radius 2 is 1.68 bits per heavy atom. The Hall–Kier alpha value is -2.77. The molecule has 1 aliphatic rings. The summed E-state index contributed by atoms with van der Waals surface area (Å²) in [7, 11) is 1.03. The molecule has 2 unspecified atom stereocenters. The molecule has 200 valence electrons. The number of carbonyl (C=O) groups is 1. The number of aromatic nitrogens is 1. The molecular weight excluding hydrogens is 518 g/mol. The van der Waals surface area contributed by atoms with Gasteiger partial charge >= 0.3 is 0 Å². The Bertz CT molecular complexity index is 1440. The van der Waals surface area contributed by atoms with Crippen LogP contribution >= 0.6 is 11.3 Å². The molecule has 2 atom stereocenters. The van der Waals surface area contributed by atoms with E-state index >= 15 is 0 Å². The highest BCUT2D eigenvalue weighted by atomic mass is 32.2. The molecule has 0 radical (unpaired) electrons. The molecule has 2 aromatic carbocycles. The monoisotopic (exact) mass is 549 g/mol. The van der Waals surface area contributed by atoms with Crippen molar-refractivity contribution in [3.63, 3.8) is 0 Å². The number of nitrogens with zero attached hydrogens (tertiary/aromatic N) is 3. The Balaban J connectivity index is 1.67. The lowest BCUT2D eigenvalue weighted by Gasteiger charge is -2.34. The molecule has 3 aromatic rings. The number of methoxy groups -OCH3 is 3. The Morgan fingerprint density at radius 1 is 1.05 bits per heavy atom. The van der Waals surface area contributed by atoms with Crippen molar-refractivity contribution < 1.29 is 32.2 Å². The maximum Gasteiger partial charge on any atom is 0.279 e. The summed E-state index contributed by atoms with van der Waals surface area (Å²) in [6, 6.07) is 9.57. The van der Waals surface area contributed by atoms with E-state index < -0.39 is 15.9 Å². The fraction of sp³-hybridized carbons (Fsp3) is 0.440. The van der Waals surface area contributed by atoms with E-state index in [1.54, 1.807) is 21.3 Å². The van der Waals surface area contributed by atoms with Crippen molar-refractivity contribution in [2.45, 2.75) is 37.5 Å². The summed E-state index contributed by atoms with van der Waals surface area (Å²) in [5.74, 6) is 0.667. The zero-order valence-corrected chi connectivity index (χ0v) is 23.1. The van der Waals surface area contributed by atoms with E-state index in [0.717, 1.165) is 10.2 Å². The van der Waals surface area contributed by atoms with Gasteiger partial charge in [0.2, 0.25) is 10.0 Å². The van der Waals surface area contributed by atoms with Crippen LogP contribution < -0.4 is 14.3 Å². The van der Waals surface area contributed by atoms with Crippen molar-refractivity contribution in [3.8, 4) is 11.5 Å². The first-order valence-electron chi connectivity index (χ1n) is 11.8. The first-order chi connectivity index (χ1) is 17.7. The molecule has 0 aliphatic carbocycles. The van der Waals surface area contributed by atoms with Gasteiger partial charge in [0, 0.05) is 44.4 Å². The quantitative estimate of drug-likeness (QED) is 0.425. The topological polar surface area (TPSA) is 109 Å². The zero-order valence-electron chi connectivity index (χ0n) is 21.5. The van der Waals surface area contributed by atoms with Gasteiger partial charge in [-0.25, -0.2) is 8.42 Å². The third kappa shape index (κ3) is 5.73. The molecule has 0 saturated carbocycles. The van der Waals surface area contributed by atoms with Crippen LogP contribution in [0.15, 0.2) is 46.3 Å². The van der Waals surface area contributed by atoms with E-state index in [2.05, 4.69) is 4.99 Å². The largest absolute Gasteiger partial charge is 0.493 e. The van der Waals surface area contributed by atoms with Crippen LogP contribution in [0.2, 0.25) is 0 Å². The number of ether oxygens (including phenoxy) is 4. The summed E-state index contributed by atoms with van der Waals surface area (Å²) in [5.41, 5.74) is 1.12. The number of hydrogen-bond acceptors (Lipinski definition) is 8. The van der Waals surface area contributed by atoms with Crippen molar-refractivity contribution in [1.82, 2.24) is 8.87 Å². The maximum absolute atomic E-state index is 13.1. The zero-order chi connectivity index (χ0) is 26.7. The fourth-order valence-electron chi connectivity index (χ4n) is 4.28. The average Bonchev–Trinajstić information content (AvgIpc) is 3.21. The minimum Gasteiger partial charge on any atom is -0.493 e. The highest BCUT2D eigenvalue weighted by molar-refractivity contribution is 7.89. The van der Waals surface area contributed by atoms with Crippen molar-refractivity contribution in [2.75, 3.05) is 41.0 Å². The lowest BCUT2D eigenvalue weighted by Crippen LogP contribution is -2.48. The molecule has 10 nitrogen and oxygen atoms in total. The van der Waals surface area contributed by atoms with Crippen LogP contribution in [0.25, 0.3) is 10.2 Å². The molecule has 1 aliphatic heterocycles. The molecule has 37 heavy (non-hydrogen) atoms. The molecule has 1 aromatic heterocycles. The van der Waals surface area contributed by atoms with Gasteiger partial charge in [0.15, 0.2) is 16.3 Å². The molecule has 0 N–H and O–H groups in total. The number of hydrogen-bond donors (Lipinski definition) is 0. The summed E-state index contributed by atoms with van der Waals surface area (Å²) in [5, 5.41) is 0.